The normalized spacial score (nSPS) is 13.2. The first-order chi connectivity index (χ1) is 17.7. The summed E-state index contributed by atoms with van der Waals surface area (Å²) in [6, 6.07) is 17.9. The van der Waals surface area contributed by atoms with E-state index in [1.54, 1.807) is 20.8 Å². The molecule has 0 aliphatic heterocycles. The third kappa shape index (κ3) is 11.0. The van der Waals surface area contributed by atoms with Crippen LogP contribution in [0.15, 0.2) is 54.6 Å². The SMILES string of the molecule is CCOC(=O)[C@H](C)C[C@@H](Cc1ccc(-c2ccccc2)cc1)NC(=O)CCC(=O)OCC[C@H](C)C(C)=O. The zero-order valence-electron chi connectivity index (χ0n) is 22.3. The van der Waals surface area contributed by atoms with Crippen LogP contribution in [0.4, 0.5) is 0 Å². The van der Waals surface area contributed by atoms with Gasteiger partial charge in [0.25, 0.3) is 0 Å². The van der Waals surface area contributed by atoms with Crippen molar-refractivity contribution in [3.63, 3.8) is 0 Å². The molecule has 1 N–H and O–H groups in total. The second-order valence-electron chi connectivity index (χ2n) is 9.44. The van der Waals surface area contributed by atoms with Gasteiger partial charge in [-0.1, -0.05) is 68.4 Å². The summed E-state index contributed by atoms with van der Waals surface area (Å²) in [5.41, 5.74) is 3.25. The van der Waals surface area contributed by atoms with Crippen molar-refractivity contribution in [1.29, 1.82) is 0 Å². The van der Waals surface area contributed by atoms with Crippen LogP contribution in [0.2, 0.25) is 0 Å². The first-order valence-electron chi connectivity index (χ1n) is 13.0. The molecule has 7 heteroatoms. The molecule has 3 atom stereocenters. The molecule has 0 aromatic heterocycles. The second-order valence-corrected chi connectivity index (χ2v) is 9.44. The van der Waals surface area contributed by atoms with Gasteiger partial charge in [0.2, 0.25) is 5.91 Å². The molecule has 7 nitrogen and oxygen atoms in total. The number of Topliss-reactive ketones (excluding diaryl/α,β-unsaturated/α-hetero) is 1. The molecule has 0 aliphatic carbocycles. The van der Waals surface area contributed by atoms with Crippen LogP contribution in [0.25, 0.3) is 11.1 Å². The lowest BCUT2D eigenvalue weighted by molar-refractivity contribution is -0.148. The molecule has 37 heavy (non-hydrogen) atoms. The fourth-order valence-corrected chi connectivity index (χ4v) is 3.89. The summed E-state index contributed by atoms with van der Waals surface area (Å²) in [7, 11) is 0. The maximum Gasteiger partial charge on any atom is 0.308 e. The summed E-state index contributed by atoms with van der Waals surface area (Å²) in [6.45, 7) is 7.30. The predicted molar refractivity (Wildman–Crippen MR) is 143 cm³/mol. The Balaban J connectivity index is 1.95. The Bertz CT molecular complexity index is 1020. The first kappa shape index (κ1) is 29.7. The molecule has 0 spiro atoms. The van der Waals surface area contributed by atoms with Crippen LogP contribution in [-0.4, -0.2) is 42.9 Å². The predicted octanol–water partition coefficient (Wildman–Crippen LogP) is 4.91. The van der Waals surface area contributed by atoms with Gasteiger partial charge in [0.1, 0.15) is 5.78 Å². The van der Waals surface area contributed by atoms with Gasteiger partial charge in [-0.15, -0.1) is 0 Å². The fourth-order valence-electron chi connectivity index (χ4n) is 3.89. The van der Waals surface area contributed by atoms with Crippen LogP contribution in [0.3, 0.4) is 0 Å². The summed E-state index contributed by atoms with van der Waals surface area (Å²) in [5.74, 6) is -1.56. The number of benzene rings is 2. The van der Waals surface area contributed by atoms with Crippen molar-refractivity contribution in [2.45, 2.75) is 65.8 Å². The van der Waals surface area contributed by atoms with Gasteiger partial charge in [-0.3, -0.25) is 19.2 Å². The summed E-state index contributed by atoms with van der Waals surface area (Å²) < 4.78 is 10.3. The van der Waals surface area contributed by atoms with Crippen molar-refractivity contribution in [2.75, 3.05) is 13.2 Å². The molecule has 0 aliphatic rings. The van der Waals surface area contributed by atoms with Crippen molar-refractivity contribution >= 4 is 23.6 Å². The average Bonchev–Trinajstić information content (AvgIpc) is 2.88. The summed E-state index contributed by atoms with van der Waals surface area (Å²) in [4.78, 5) is 48.2. The number of esters is 2. The molecule has 0 unspecified atom stereocenters. The monoisotopic (exact) mass is 509 g/mol. The van der Waals surface area contributed by atoms with Crippen molar-refractivity contribution in [1.82, 2.24) is 5.32 Å². The van der Waals surface area contributed by atoms with E-state index in [2.05, 4.69) is 5.32 Å². The molecule has 0 fully saturated rings. The smallest absolute Gasteiger partial charge is 0.308 e. The Labute approximate surface area is 219 Å². The number of nitrogens with one attached hydrogen (secondary N) is 1. The largest absolute Gasteiger partial charge is 0.466 e. The number of amides is 1. The lowest BCUT2D eigenvalue weighted by atomic mass is 9.94. The molecule has 0 saturated carbocycles. The third-order valence-corrected chi connectivity index (χ3v) is 6.30. The minimum atomic E-state index is -0.473. The van der Waals surface area contributed by atoms with Gasteiger partial charge in [0.05, 0.1) is 25.6 Å². The number of carbonyl (C=O) groups is 4. The van der Waals surface area contributed by atoms with Gasteiger partial charge >= 0.3 is 11.9 Å². The van der Waals surface area contributed by atoms with Crippen LogP contribution in [-0.2, 0) is 35.1 Å². The van der Waals surface area contributed by atoms with Crippen molar-refractivity contribution in [3.8, 4) is 11.1 Å². The number of hydrogen-bond acceptors (Lipinski definition) is 6. The highest BCUT2D eigenvalue weighted by Crippen LogP contribution is 2.21. The van der Waals surface area contributed by atoms with Crippen LogP contribution in [0, 0.1) is 11.8 Å². The molecule has 2 aromatic rings. The molecule has 2 rings (SSSR count). The zero-order valence-corrected chi connectivity index (χ0v) is 22.3. The van der Waals surface area contributed by atoms with E-state index in [-0.39, 0.29) is 55.0 Å². The van der Waals surface area contributed by atoms with Crippen LogP contribution < -0.4 is 5.32 Å². The van der Waals surface area contributed by atoms with Crippen molar-refractivity contribution in [3.05, 3.63) is 60.2 Å². The van der Waals surface area contributed by atoms with Gasteiger partial charge in [0, 0.05) is 18.4 Å². The quantitative estimate of drug-likeness (QED) is 0.343. The topological polar surface area (TPSA) is 98.8 Å². The van der Waals surface area contributed by atoms with Gasteiger partial charge in [-0.2, -0.15) is 0 Å². The minimum Gasteiger partial charge on any atom is -0.466 e. The van der Waals surface area contributed by atoms with E-state index >= 15 is 0 Å². The minimum absolute atomic E-state index is 0.0155. The van der Waals surface area contributed by atoms with Crippen LogP contribution in [0.1, 0.15) is 58.9 Å². The Morgan fingerprint density at radius 1 is 0.838 bits per heavy atom. The van der Waals surface area contributed by atoms with E-state index < -0.39 is 5.97 Å². The molecule has 0 heterocycles. The van der Waals surface area contributed by atoms with E-state index in [0.717, 1.165) is 16.7 Å². The zero-order chi connectivity index (χ0) is 27.2. The van der Waals surface area contributed by atoms with E-state index in [9.17, 15) is 19.2 Å². The number of rotatable bonds is 15. The Morgan fingerprint density at radius 2 is 1.49 bits per heavy atom. The number of hydrogen-bond donors (Lipinski definition) is 1. The lowest BCUT2D eigenvalue weighted by Crippen LogP contribution is -2.39. The number of ketones is 1. The third-order valence-electron chi connectivity index (χ3n) is 6.30. The van der Waals surface area contributed by atoms with E-state index in [1.807, 2.05) is 54.6 Å². The maximum absolute atomic E-state index is 12.7. The summed E-state index contributed by atoms with van der Waals surface area (Å²) in [6.07, 6.45) is 1.35. The van der Waals surface area contributed by atoms with Gasteiger partial charge < -0.3 is 14.8 Å². The number of carbonyl (C=O) groups excluding carboxylic acids is 4. The molecular weight excluding hydrogens is 470 g/mol. The molecule has 200 valence electrons. The lowest BCUT2D eigenvalue weighted by Gasteiger charge is -2.22. The molecular formula is C30H39NO6. The summed E-state index contributed by atoms with van der Waals surface area (Å²) in [5, 5.41) is 2.99. The van der Waals surface area contributed by atoms with Crippen molar-refractivity contribution in [2.24, 2.45) is 11.8 Å². The molecule has 0 saturated heterocycles. The summed E-state index contributed by atoms with van der Waals surface area (Å²) >= 11 is 0. The molecule has 1 amide bonds. The first-order valence-corrected chi connectivity index (χ1v) is 13.0. The number of ether oxygens (including phenoxy) is 2. The van der Waals surface area contributed by atoms with E-state index in [0.29, 0.717) is 25.9 Å². The van der Waals surface area contributed by atoms with Crippen LogP contribution >= 0.6 is 0 Å². The molecule has 0 radical (unpaired) electrons. The Hall–Kier alpha value is -3.48. The average molecular weight is 510 g/mol. The Morgan fingerprint density at radius 3 is 2.11 bits per heavy atom. The van der Waals surface area contributed by atoms with Gasteiger partial charge in [-0.25, -0.2) is 0 Å². The van der Waals surface area contributed by atoms with Crippen LogP contribution in [0.5, 0.6) is 0 Å². The second kappa shape index (κ2) is 15.6. The van der Waals surface area contributed by atoms with E-state index in [4.69, 9.17) is 9.47 Å². The highest BCUT2D eigenvalue weighted by Gasteiger charge is 2.22. The van der Waals surface area contributed by atoms with Crippen molar-refractivity contribution < 1.29 is 28.7 Å². The Kier molecular flexibility index (Phi) is 12.5. The van der Waals surface area contributed by atoms with E-state index in [1.165, 1.54) is 6.92 Å². The standard InChI is InChI=1S/C30H39NO6/c1-5-36-30(35)22(3)19-27(20-24-11-13-26(14-12-24)25-9-7-6-8-10-25)31-28(33)15-16-29(34)37-18-17-21(2)23(4)32/h6-14,21-22,27H,5,15-20H2,1-4H3,(H,31,33)/t21-,22+,27-/m0/s1. The molecule has 2 aromatic carbocycles. The highest BCUT2D eigenvalue weighted by molar-refractivity contribution is 5.81. The fraction of sp³-hybridized carbons (Fsp3) is 0.467. The molecule has 0 bridgehead atoms. The van der Waals surface area contributed by atoms with Gasteiger partial charge in [0.15, 0.2) is 0 Å². The maximum atomic E-state index is 12.7. The van der Waals surface area contributed by atoms with Gasteiger partial charge in [-0.05, 0) is 49.8 Å². The highest BCUT2D eigenvalue weighted by atomic mass is 16.5.